The summed E-state index contributed by atoms with van der Waals surface area (Å²) in [6.07, 6.45) is 6.57. The van der Waals surface area contributed by atoms with Crippen molar-refractivity contribution in [1.29, 1.82) is 0 Å². The zero-order valence-electron chi connectivity index (χ0n) is 6.36. The van der Waals surface area contributed by atoms with Gasteiger partial charge in [0.2, 0.25) is 0 Å². The van der Waals surface area contributed by atoms with Crippen LogP contribution in [0.5, 0.6) is 0 Å². The lowest BCUT2D eigenvalue weighted by molar-refractivity contribution is 0.750. The Morgan fingerprint density at radius 1 is 1.56 bits per heavy atom. The summed E-state index contributed by atoms with van der Waals surface area (Å²) in [4.78, 5) is 0. The predicted octanol–water partition coefficient (Wildman–Crippen LogP) is 2.72. The van der Waals surface area contributed by atoms with Gasteiger partial charge in [-0.25, -0.2) is 0 Å². The quantitative estimate of drug-likeness (QED) is 0.500. The second-order valence-corrected chi connectivity index (χ2v) is 2.91. The fraction of sp³-hybridized carbons (Fsp3) is 0.556. The van der Waals surface area contributed by atoms with E-state index in [1.165, 1.54) is 11.1 Å². The molecule has 0 N–H and O–H groups in total. The Kier molecular flexibility index (Phi) is 1.75. The van der Waals surface area contributed by atoms with Crippen molar-refractivity contribution < 1.29 is 0 Å². The van der Waals surface area contributed by atoms with Crippen molar-refractivity contribution in [2.24, 2.45) is 5.92 Å². The fourth-order valence-corrected chi connectivity index (χ4v) is 0.992. The molecule has 0 spiro atoms. The van der Waals surface area contributed by atoms with Gasteiger partial charge in [-0.15, -0.1) is 0 Å². The van der Waals surface area contributed by atoms with E-state index < -0.39 is 0 Å². The molecule has 0 atom stereocenters. The van der Waals surface area contributed by atoms with E-state index in [2.05, 4.69) is 32.9 Å². The minimum Gasteiger partial charge on any atom is -0.0630 e. The summed E-state index contributed by atoms with van der Waals surface area (Å²) in [5, 5.41) is 0. The van der Waals surface area contributed by atoms with E-state index in [1.54, 1.807) is 0 Å². The summed E-state index contributed by atoms with van der Waals surface area (Å²) in [5.74, 6) is 0.704. The van der Waals surface area contributed by atoms with Gasteiger partial charge < -0.3 is 0 Å². The third kappa shape index (κ3) is 1.44. The van der Waals surface area contributed by atoms with Crippen LogP contribution in [0, 0.1) is 12.0 Å². The van der Waals surface area contributed by atoms with E-state index in [1.807, 2.05) is 0 Å². The van der Waals surface area contributed by atoms with Gasteiger partial charge in [-0.3, -0.25) is 0 Å². The van der Waals surface area contributed by atoms with E-state index in [-0.39, 0.29) is 0 Å². The van der Waals surface area contributed by atoms with Crippen LogP contribution in [0.25, 0.3) is 0 Å². The van der Waals surface area contributed by atoms with Crippen molar-refractivity contribution in [3.05, 3.63) is 23.3 Å². The lowest BCUT2D eigenvalue weighted by Crippen LogP contribution is -1.88. The monoisotopic (exact) mass is 121 g/mol. The first-order valence-corrected chi connectivity index (χ1v) is 3.48. The molecule has 0 unspecified atom stereocenters. The van der Waals surface area contributed by atoms with Gasteiger partial charge in [-0.05, 0) is 30.9 Å². The Morgan fingerprint density at radius 2 is 2.22 bits per heavy atom. The molecule has 0 saturated heterocycles. The van der Waals surface area contributed by atoms with Crippen LogP contribution in [0.1, 0.15) is 27.2 Å². The molecule has 0 heterocycles. The van der Waals surface area contributed by atoms with Crippen LogP contribution in [0.15, 0.2) is 17.2 Å². The summed E-state index contributed by atoms with van der Waals surface area (Å²) in [5.41, 5.74) is 2.83. The molecular formula is C9H13. The Labute approximate surface area is 57.3 Å². The molecule has 1 aliphatic carbocycles. The second-order valence-electron chi connectivity index (χ2n) is 2.91. The van der Waals surface area contributed by atoms with Crippen molar-refractivity contribution in [3.63, 3.8) is 0 Å². The summed E-state index contributed by atoms with van der Waals surface area (Å²) in [6, 6.07) is 0. The highest BCUT2D eigenvalue weighted by Gasteiger charge is 2.06. The van der Waals surface area contributed by atoms with Gasteiger partial charge in [0.15, 0.2) is 0 Å². The van der Waals surface area contributed by atoms with E-state index in [9.17, 15) is 0 Å². The van der Waals surface area contributed by atoms with Crippen molar-refractivity contribution in [2.75, 3.05) is 0 Å². The number of rotatable bonds is 1. The van der Waals surface area contributed by atoms with Crippen LogP contribution in [0.3, 0.4) is 0 Å². The minimum atomic E-state index is 0.704. The number of hydrogen-bond donors (Lipinski definition) is 0. The molecule has 0 aromatic carbocycles. The Hall–Kier alpha value is -0.520. The van der Waals surface area contributed by atoms with Gasteiger partial charge in [0.05, 0.1) is 0 Å². The Morgan fingerprint density at radius 3 is 2.44 bits per heavy atom. The minimum absolute atomic E-state index is 0.704. The Bertz CT molecular complexity index is 159. The third-order valence-electron chi connectivity index (χ3n) is 1.71. The molecule has 0 nitrogen and oxygen atoms in total. The van der Waals surface area contributed by atoms with Gasteiger partial charge in [0.1, 0.15) is 0 Å². The molecule has 9 heavy (non-hydrogen) atoms. The second kappa shape index (κ2) is 2.38. The van der Waals surface area contributed by atoms with Crippen molar-refractivity contribution in [3.8, 4) is 0 Å². The number of allylic oxidation sites excluding steroid dienone is 4. The zero-order chi connectivity index (χ0) is 6.85. The van der Waals surface area contributed by atoms with E-state index in [0.29, 0.717) is 5.92 Å². The zero-order valence-corrected chi connectivity index (χ0v) is 6.36. The van der Waals surface area contributed by atoms with Crippen molar-refractivity contribution in [2.45, 2.75) is 27.2 Å². The molecule has 1 aliphatic rings. The van der Waals surface area contributed by atoms with Crippen LogP contribution in [0.2, 0.25) is 0 Å². The largest absolute Gasteiger partial charge is 0.0630 e. The molecule has 0 saturated carbocycles. The highest BCUT2D eigenvalue weighted by atomic mass is 14.1. The summed E-state index contributed by atoms with van der Waals surface area (Å²) in [6.45, 7) is 6.56. The Balaban J connectivity index is 2.60. The molecule has 0 aromatic rings. The van der Waals surface area contributed by atoms with Gasteiger partial charge >= 0.3 is 0 Å². The molecule has 49 valence electrons. The van der Waals surface area contributed by atoms with Gasteiger partial charge in [-0.1, -0.05) is 25.5 Å². The van der Waals surface area contributed by atoms with Crippen molar-refractivity contribution >= 4 is 0 Å². The fourth-order valence-electron chi connectivity index (χ4n) is 0.992. The van der Waals surface area contributed by atoms with Crippen LogP contribution in [0.4, 0.5) is 0 Å². The SMILES string of the molecule is CC1=[C]CC(C(C)C)=C1. The van der Waals surface area contributed by atoms with Gasteiger partial charge in [0, 0.05) is 0 Å². The maximum atomic E-state index is 3.27. The predicted molar refractivity (Wildman–Crippen MR) is 40.0 cm³/mol. The highest BCUT2D eigenvalue weighted by Crippen LogP contribution is 2.22. The number of hydrogen-bond acceptors (Lipinski definition) is 0. The van der Waals surface area contributed by atoms with Gasteiger partial charge in [0.25, 0.3) is 0 Å². The van der Waals surface area contributed by atoms with Crippen molar-refractivity contribution in [1.82, 2.24) is 0 Å². The summed E-state index contributed by atoms with van der Waals surface area (Å²) >= 11 is 0. The average Bonchev–Trinajstić information content (AvgIpc) is 2.14. The standard InChI is InChI=1S/C9H13/c1-7(2)9-5-4-8(3)6-9/h6-7H,5H2,1-3H3. The maximum absolute atomic E-state index is 3.27. The van der Waals surface area contributed by atoms with Crippen LogP contribution in [-0.2, 0) is 0 Å². The average molecular weight is 121 g/mol. The van der Waals surface area contributed by atoms with Crippen LogP contribution in [-0.4, -0.2) is 0 Å². The highest BCUT2D eigenvalue weighted by molar-refractivity contribution is 5.28. The molecule has 0 fully saturated rings. The molecule has 0 aromatic heterocycles. The van der Waals surface area contributed by atoms with Gasteiger partial charge in [-0.2, -0.15) is 0 Å². The molecule has 0 aliphatic heterocycles. The maximum Gasteiger partial charge on any atom is -0.00557 e. The lowest BCUT2D eigenvalue weighted by Gasteiger charge is -2.02. The molecule has 0 amide bonds. The molecule has 1 rings (SSSR count). The molecule has 0 heteroatoms. The normalized spacial score (nSPS) is 18.2. The lowest BCUT2D eigenvalue weighted by atomic mass is 10.0. The first-order chi connectivity index (χ1) is 4.20. The molecule has 0 bridgehead atoms. The van der Waals surface area contributed by atoms with E-state index >= 15 is 0 Å². The molecule has 1 radical (unpaired) electrons. The first-order valence-electron chi connectivity index (χ1n) is 3.48. The first kappa shape index (κ1) is 6.60. The topological polar surface area (TPSA) is 0 Å². The van der Waals surface area contributed by atoms with Crippen LogP contribution >= 0.6 is 0 Å². The van der Waals surface area contributed by atoms with Crippen LogP contribution < -0.4 is 0 Å². The smallest absolute Gasteiger partial charge is 0.00557 e. The summed E-state index contributed by atoms with van der Waals surface area (Å²) in [7, 11) is 0. The summed E-state index contributed by atoms with van der Waals surface area (Å²) < 4.78 is 0. The molecular weight excluding hydrogens is 108 g/mol. The van der Waals surface area contributed by atoms with E-state index in [0.717, 1.165) is 6.42 Å². The third-order valence-corrected chi connectivity index (χ3v) is 1.71. The van der Waals surface area contributed by atoms with E-state index in [4.69, 9.17) is 0 Å².